The zero-order valence-corrected chi connectivity index (χ0v) is 6.43. The predicted molar refractivity (Wildman–Crippen MR) is 39.7 cm³/mol. The van der Waals surface area contributed by atoms with Gasteiger partial charge in [0.2, 0.25) is 0 Å². The highest BCUT2D eigenvalue weighted by Crippen LogP contribution is 2.13. The van der Waals surface area contributed by atoms with Gasteiger partial charge in [-0.3, -0.25) is 0 Å². The van der Waals surface area contributed by atoms with Gasteiger partial charge < -0.3 is 5.32 Å². The van der Waals surface area contributed by atoms with Gasteiger partial charge in [-0.1, -0.05) is 11.6 Å². The number of imidazole rings is 1. The number of nitrogens with zero attached hydrogens (tertiary/aromatic N) is 2. The maximum absolute atomic E-state index is 11.1. The van der Waals surface area contributed by atoms with Gasteiger partial charge >= 0.3 is 6.03 Å². The molecular weight excluding hydrogens is 166 g/mol. The second kappa shape index (κ2) is 2.23. The second-order valence-electron chi connectivity index (χ2n) is 2.31. The van der Waals surface area contributed by atoms with Gasteiger partial charge in [0.15, 0.2) is 0 Å². The van der Waals surface area contributed by atoms with Gasteiger partial charge in [-0.15, -0.1) is 0 Å². The number of fused-ring (bicyclic) bond motifs is 1. The number of aromatic nitrogens is 2. The van der Waals surface area contributed by atoms with Crippen LogP contribution in [-0.4, -0.2) is 22.1 Å². The molecule has 0 bridgehead atoms. The summed E-state index contributed by atoms with van der Waals surface area (Å²) in [5.41, 5.74) is 0. The molecule has 0 saturated heterocycles. The molecule has 0 aromatic carbocycles. The van der Waals surface area contributed by atoms with Crippen LogP contribution in [0.5, 0.6) is 0 Å². The van der Waals surface area contributed by atoms with Crippen molar-refractivity contribution in [1.29, 1.82) is 0 Å². The molecule has 1 aromatic heterocycles. The fourth-order valence-electron chi connectivity index (χ4n) is 1.12. The van der Waals surface area contributed by atoms with Crippen LogP contribution in [0.3, 0.4) is 0 Å². The first kappa shape index (κ1) is 6.67. The van der Waals surface area contributed by atoms with Gasteiger partial charge in [-0.05, 0) is 0 Å². The molecule has 1 aliphatic heterocycles. The number of amides is 1. The summed E-state index contributed by atoms with van der Waals surface area (Å²) in [6.45, 7) is 0.645. The normalized spacial score (nSPS) is 15.9. The highest BCUT2D eigenvalue weighted by molar-refractivity contribution is 6.30. The molecule has 0 saturated carbocycles. The summed E-state index contributed by atoms with van der Waals surface area (Å²) in [5, 5.41) is 3.04. The summed E-state index contributed by atoms with van der Waals surface area (Å²) in [4.78, 5) is 15.1. The van der Waals surface area contributed by atoms with Crippen LogP contribution < -0.4 is 5.32 Å². The van der Waals surface area contributed by atoms with E-state index in [1.807, 2.05) is 0 Å². The van der Waals surface area contributed by atoms with Crippen molar-refractivity contribution in [3.8, 4) is 0 Å². The number of nitrogens with one attached hydrogen (secondary N) is 1. The first-order valence-corrected chi connectivity index (χ1v) is 3.67. The molecule has 2 heterocycles. The zero-order valence-electron chi connectivity index (χ0n) is 5.67. The molecule has 1 aliphatic rings. The summed E-state index contributed by atoms with van der Waals surface area (Å²) >= 11 is 5.69. The molecule has 0 unspecified atom stereocenters. The minimum absolute atomic E-state index is 0.186. The average Bonchev–Trinajstić information content (AvgIpc) is 2.34. The van der Waals surface area contributed by atoms with E-state index in [-0.39, 0.29) is 6.03 Å². The molecule has 11 heavy (non-hydrogen) atoms. The molecule has 0 radical (unpaired) electrons. The Balaban J connectivity index is 2.56. The summed E-state index contributed by atoms with van der Waals surface area (Å²) < 4.78 is 1.38. The second-order valence-corrected chi connectivity index (χ2v) is 2.70. The quantitative estimate of drug-likeness (QED) is 0.623. The van der Waals surface area contributed by atoms with E-state index >= 15 is 0 Å². The number of carbonyl (C=O) groups excluding carboxylic acids is 1. The zero-order chi connectivity index (χ0) is 7.84. The van der Waals surface area contributed by atoms with Crippen LogP contribution in [0.2, 0.25) is 5.15 Å². The molecular formula is C6H6ClN3O. The van der Waals surface area contributed by atoms with E-state index in [9.17, 15) is 4.79 Å². The standard InChI is InChI=1S/C6H6ClN3O/c7-4-3-9-5-1-2-8-6(11)10(4)5/h3H,1-2H2,(H,8,11). The molecule has 1 amide bonds. The Labute approximate surface area is 68.2 Å². The third-order valence-corrected chi connectivity index (χ3v) is 1.89. The number of hydrogen-bond acceptors (Lipinski definition) is 2. The molecule has 2 rings (SSSR count). The summed E-state index contributed by atoms with van der Waals surface area (Å²) in [6.07, 6.45) is 2.24. The van der Waals surface area contributed by atoms with Crippen LogP contribution in [0.25, 0.3) is 0 Å². The van der Waals surface area contributed by atoms with Crippen LogP contribution in [-0.2, 0) is 6.42 Å². The first-order valence-electron chi connectivity index (χ1n) is 3.29. The number of rotatable bonds is 0. The fraction of sp³-hybridized carbons (Fsp3) is 0.333. The Morgan fingerprint density at radius 3 is 3.27 bits per heavy atom. The van der Waals surface area contributed by atoms with E-state index in [1.165, 1.54) is 10.8 Å². The van der Waals surface area contributed by atoms with Crippen LogP contribution in [0, 0.1) is 0 Å². The van der Waals surface area contributed by atoms with Gasteiger partial charge in [0.05, 0.1) is 6.20 Å². The minimum Gasteiger partial charge on any atom is -0.337 e. The van der Waals surface area contributed by atoms with E-state index in [0.717, 1.165) is 12.2 Å². The molecule has 0 aliphatic carbocycles. The van der Waals surface area contributed by atoms with Crippen LogP contribution >= 0.6 is 11.6 Å². The van der Waals surface area contributed by atoms with E-state index in [4.69, 9.17) is 11.6 Å². The maximum Gasteiger partial charge on any atom is 0.328 e. The number of hydrogen-bond donors (Lipinski definition) is 1. The molecule has 0 fully saturated rings. The molecule has 0 atom stereocenters. The smallest absolute Gasteiger partial charge is 0.328 e. The van der Waals surface area contributed by atoms with Crippen LogP contribution in [0.1, 0.15) is 5.82 Å². The molecule has 1 N–H and O–H groups in total. The van der Waals surface area contributed by atoms with E-state index in [1.54, 1.807) is 0 Å². The number of carbonyl (C=O) groups is 1. The lowest BCUT2D eigenvalue weighted by Crippen LogP contribution is -2.36. The molecule has 4 nitrogen and oxygen atoms in total. The van der Waals surface area contributed by atoms with Gasteiger partial charge in [0.1, 0.15) is 11.0 Å². The Morgan fingerprint density at radius 2 is 2.55 bits per heavy atom. The lowest BCUT2D eigenvalue weighted by atomic mass is 10.3. The monoisotopic (exact) mass is 171 g/mol. The molecule has 1 aromatic rings. The highest BCUT2D eigenvalue weighted by atomic mass is 35.5. The van der Waals surface area contributed by atoms with Gasteiger partial charge in [-0.25, -0.2) is 14.3 Å². The molecule has 0 spiro atoms. The van der Waals surface area contributed by atoms with Crippen LogP contribution in [0.4, 0.5) is 4.79 Å². The van der Waals surface area contributed by atoms with Crippen molar-refractivity contribution in [2.75, 3.05) is 6.54 Å². The Hall–Kier alpha value is -1.03. The third-order valence-electron chi connectivity index (χ3n) is 1.62. The van der Waals surface area contributed by atoms with Crippen molar-refractivity contribution in [3.05, 3.63) is 17.2 Å². The predicted octanol–water partition coefficient (Wildman–Crippen LogP) is 0.650. The van der Waals surface area contributed by atoms with E-state index < -0.39 is 0 Å². The van der Waals surface area contributed by atoms with Gasteiger partial charge in [0.25, 0.3) is 0 Å². The average molecular weight is 172 g/mol. The molecule has 5 heteroatoms. The summed E-state index contributed by atoms with van der Waals surface area (Å²) in [5.74, 6) is 0.735. The van der Waals surface area contributed by atoms with Gasteiger partial charge in [-0.2, -0.15) is 0 Å². The van der Waals surface area contributed by atoms with Crippen molar-refractivity contribution in [2.24, 2.45) is 0 Å². The maximum atomic E-state index is 11.1. The lowest BCUT2D eigenvalue weighted by molar-refractivity contribution is 0.239. The van der Waals surface area contributed by atoms with Crippen molar-refractivity contribution in [3.63, 3.8) is 0 Å². The SMILES string of the molecule is O=C1NCCc2ncc(Cl)n21. The topological polar surface area (TPSA) is 46.9 Å². The largest absolute Gasteiger partial charge is 0.337 e. The molecule has 58 valence electrons. The summed E-state index contributed by atoms with van der Waals surface area (Å²) in [7, 11) is 0. The summed E-state index contributed by atoms with van der Waals surface area (Å²) in [6, 6.07) is -0.186. The number of halogens is 1. The minimum atomic E-state index is -0.186. The Morgan fingerprint density at radius 1 is 1.73 bits per heavy atom. The van der Waals surface area contributed by atoms with Crippen molar-refractivity contribution < 1.29 is 4.79 Å². The fourth-order valence-corrected chi connectivity index (χ4v) is 1.34. The van der Waals surface area contributed by atoms with Crippen LogP contribution in [0.15, 0.2) is 6.20 Å². The highest BCUT2D eigenvalue weighted by Gasteiger charge is 2.18. The Kier molecular flexibility index (Phi) is 1.35. The van der Waals surface area contributed by atoms with Crippen molar-refractivity contribution in [2.45, 2.75) is 6.42 Å². The van der Waals surface area contributed by atoms with Crippen molar-refractivity contribution in [1.82, 2.24) is 14.9 Å². The third kappa shape index (κ3) is 0.903. The Bertz CT molecular complexity index is 307. The van der Waals surface area contributed by atoms with E-state index in [0.29, 0.717) is 11.7 Å². The first-order chi connectivity index (χ1) is 5.29. The lowest BCUT2D eigenvalue weighted by Gasteiger charge is -2.13. The van der Waals surface area contributed by atoms with Crippen molar-refractivity contribution >= 4 is 17.6 Å². The van der Waals surface area contributed by atoms with Gasteiger partial charge in [0, 0.05) is 13.0 Å². The van der Waals surface area contributed by atoms with E-state index in [2.05, 4.69) is 10.3 Å².